The number of non-ortho nitro benzene ring substituents is 1. The Bertz CT molecular complexity index is 1200. The largest absolute Gasteiger partial charge is 0.493 e. The first-order valence-corrected chi connectivity index (χ1v) is 10.8. The molecule has 1 N–H and O–H groups in total. The summed E-state index contributed by atoms with van der Waals surface area (Å²) in [6.07, 6.45) is 1.45. The summed E-state index contributed by atoms with van der Waals surface area (Å²) < 4.78 is 17.5. The molecular weight excluding hydrogens is 464 g/mol. The molecule has 0 saturated heterocycles. The highest BCUT2D eigenvalue weighted by atomic mass is 32.2. The highest BCUT2D eigenvalue weighted by molar-refractivity contribution is 7.99. The fraction of sp³-hybridized carbons (Fsp3) is 0.238. The number of nitro groups is 1. The Kier molecular flexibility index (Phi) is 8.03. The first kappa shape index (κ1) is 24.5. The van der Waals surface area contributed by atoms with E-state index in [1.807, 2.05) is 0 Å². The van der Waals surface area contributed by atoms with Gasteiger partial charge in [0.1, 0.15) is 0 Å². The van der Waals surface area contributed by atoms with Crippen LogP contribution >= 0.6 is 11.8 Å². The number of nitrogens with one attached hydrogen (secondary N) is 1. The van der Waals surface area contributed by atoms with Crippen molar-refractivity contribution in [1.29, 1.82) is 0 Å². The molecule has 0 aliphatic heterocycles. The Hall–Kier alpha value is -4.13. The van der Waals surface area contributed by atoms with Crippen LogP contribution in [-0.2, 0) is 11.8 Å². The number of nitro benzene ring substituents is 1. The molecule has 3 aromatic rings. The molecule has 0 aliphatic rings. The van der Waals surface area contributed by atoms with Crippen LogP contribution in [0.3, 0.4) is 0 Å². The second-order valence-electron chi connectivity index (χ2n) is 6.71. The summed E-state index contributed by atoms with van der Waals surface area (Å²) in [6, 6.07) is 9.49. The van der Waals surface area contributed by atoms with Gasteiger partial charge in [-0.2, -0.15) is 5.10 Å². The van der Waals surface area contributed by atoms with E-state index in [2.05, 4.69) is 20.7 Å². The second kappa shape index (κ2) is 11.1. The molecule has 34 heavy (non-hydrogen) atoms. The standard InChI is InChI=1S/C21H22N6O6S/c1-26-20(14-6-5-7-15(10-14)27(29)30)24-25-21(26)34-12-18(28)23-22-11-13-8-16(31-2)19(33-4)17(9-13)32-3/h5-11H,12H2,1-4H3,(H,23,28). The Morgan fingerprint density at radius 1 is 1.18 bits per heavy atom. The summed E-state index contributed by atoms with van der Waals surface area (Å²) >= 11 is 1.16. The van der Waals surface area contributed by atoms with E-state index in [9.17, 15) is 14.9 Å². The average molecular weight is 487 g/mol. The number of aromatic nitrogens is 3. The molecule has 0 aliphatic carbocycles. The lowest BCUT2D eigenvalue weighted by Crippen LogP contribution is -2.19. The number of nitrogens with zero attached hydrogens (tertiary/aromatic N) is 5. The van der Waals surface area contributed by atoms with Crippen molar-refractivity contribution in [1.82, 2.24) is 20.2 Å². The number of hydrazone groups is 1. The van der Waals surface area contributed by atoms with E-state index in [0.29, 0.717) is 39.4 Å². The van der Waals surface area contributed by atoms with E-state index in [-0.39, 0.29) is 17.3 Å². The Morgan fingerprint density at radius 3 is 2.50 bits per heavy atom. The van der Waals surface area contributed by atoms with Crippen LogP contribution in [0.2, 0.25) is 0 Å². The lowest BCUT2D eigenvalue weighted by molar-refractivity contribution is -0.384. The lowest BCUT2D eigenvalue weighted by atomic mass is 10.2. The number of hydrogen-bond donors (Lipinski definition) is 1. The summed E-state index contributed by atoms with van der Waals surface area (Å²) in [5, 5.41) is 23.6. The molecule has 0 spiro atoms. The Balaban J connectivity index is 1.62. The van der Waals surface area contributed by atoms with E-state index < -0.39 is 4.92 Å². The first-order valence-electron chi connectivity index (χ1n) is 9.76. The van der Waals surface area contributed by atoms with E-state index in [1.165, 1.54) is 39.7 Å². The minimum Gasteiger partial charge on any atom is -0.493 e. The summed E-state index contributed by atoms with van der Waals surface area (Å²) in [4.78, 5) is 22.7. The molecule has 0 atom stereocenters. The highest BCUT2D eigenvalue weighted by Crippen LogP contribution is 2.37. The van der Waals surface area contributed by atoms with E-state index in [0.717, 1.165) is 11.8 Å². The van der Waals surface area contributed by atoms with Crippen molar-refractivity contribution in [3.8, 4) is 28.6 Å². The van der Waals surface area contributed by atoms with Gasteiger partial charge in [-0.05, 0) is 12.1 Å². The van der Waals surface area contributed by atoms with Gasteiger partial charge >= 0.3 is 0 Å². The highest BCUT2D eigenvalue weighted by Gasteiger charge is 2.16. The third-order valence-electron chi connectivity index (χ3n) is 4.57. The maximum Gasteiger partial charge on any atom is 0.270 e. The van der Waals surface area contributed by atoms with E-state index >= 15 is 0 Å². The van der Waals surface area contributed by atoms with Gasteiger partial charge in [0, 0.05) is 30.3 Å². The van der Waals surface area contributed by atoms with Gasteiger partial charge in [0.25, 0.3) is 11.6 Å². The molecule has 0 fully saturated rings. The number of carbonyl (C=O) groups excluding carboxylic acids is 1. The van der Waals surface area contributed by atoms with Gasteiger partial charge in [-0.25, -0.2) is 5.43 Å². The molecule has 0 radical (unpaired) electrons. The third-order valence-corrected chi connectivity index (χ3v) is 5.59. The van der Waals surface area contributed by atoms with Crippen LogP contribution in [-0.4, -0.2) is 58.9 Å². The zero-order valence-electron chi connectivity index (χ0n) is 18.8. The number of benzene rings is 2. The molecule has 3 rings (SSSR count). The van der Waals surface area contributed by atoms with E-state index in [1.54, 1.807) is 35.9 Å². The molecule has 0 unspecified atom stereocenters. The van der Waals surface area contributed by atoms with Gasteiger partial charge in [0.15, 0.2) is 22.5 Å². The zero-order valence-corrected chi connectivity index (χ0v) is 19.7. The number of methoxy groups -OCH3 is 3. The van der Waals surface area contributed by atoms with Gasteiger partial charge < -0.3 is 18.8 Å². The van der Waals surface area contributed by atoms with Gasteiger partial charge in [-0.1, -0.05) is 23.9 Å². The molecule has 12 nitrogen and oxygen atoms in total. The molecule has 1 heterocycles. The quantitative estimate of drug-likeness (QED) is 0.198. The van der Waals surface area contributed by atoms with Crippen molar-refractivity contribution >= 4 is 29.6 Å². The molecule has 178 valence electrons. The topological polar surface area (TPSA) is 143 Å². The summed E-state index contributed by atoms with van der Waals surface area (Å²) in [5.74, 6) is 1.52. The van der Waals surface area contributed by atoms with Crippen molar-refractivity contribution in [2.24, 2.45) is 12.1 Å². The first-order chi connectivity index (χ1) is 16.4. The van der Waals surface area contributed by atoms with Crippen molar-refractivity contribution in [2.45, 2.75) is 5.16 Å². The maximum absolute atomic E-state index is 12.2. The lowest BCUT2D eigenvalue weighted by Gasteiger charge is -2.12. The number of ether oxygens (including phenoxy) is 3. The molecule has 0 bridgehead atoms. The molecule has 1 amide bonds. The van der Waals surface area contributed by atoms with Crippen LogP contribution in [0.1, 0.15) is 5.56 Å². The summed E-state index contributed by atoms with van der Waals surface area (Å²) in [6.45, 7) is 0. The number of hydrogen-bond acceptors (Lipinski definition) is 10. The fourth-order valence-corrected chi connectivity index (χ4v) is 3.67. The fourth-order valence-electron chi connectivity index (χ4n) is 2.97. The normalized spacial score (nSPS) is 10.8. The summed E-state index contributed by atoms with van der Waals surface area (Å²) in [7, 11) is 6.25. The molecule has 2 aromatic carbocycles. The monoisotopic (exact) mass is 486 g/mol. The van der Waals surface area contributed by atoms with Crippen LogP contribution in [0.25, 0.3) is 11.4 Å². The minimum atomic E-state index is -0.474. The van der Waals surface area contributed by atoms with Crippen LogP contribution in [0.15, 0.2) is 46.7 Å². The smallest absolute Gasteiger partial charge is 0.270 e. The predicted molar refractivity (Wildman–Crippen MR) is 126 cm³/mol. The second-order valence-corrected chi connectivity index (χ2v) is 7.66. The van der Waals surface area contributed by atoms with Gasteiger partial charge in [-0.3, -0.25) is 14.9 Å². The molecule has 0 saturated carbocycles. The number of carbonyl (C=O) groups is 1. The molecule has 1 aromatic heterocycles. The SMILES string of the molecule is COc1cc(C=NNC(=O)CSc2nnc(-c3cccc([N+](=O)[O-])c3)n2C)cc(OC)c1OC. The van der Waals surface area contributed by atoms with Crippen molar-refractivity contribution in [3.05, 3.63) is 52.1 Å². The zero-order chi connectivity index (χ0) is 24.7. The average Bonchev–Trinajstić information content (AvgIpc) is 3.22. The van der Waals surface area contributed by atoms with Crippen molar-refractivity contribution in [3.63, 3.8) is 0 Å². The van der Waals surface area contributed by atoms with Gasteiger partial charge in [-0.15, -0.1) is 10.2 Å². The Morgan fingerprint density at radius 2 is 1.88 bits per heavy atom. The Labute approximate surface area is 199 Å². The van der Waals surface area contributed by atoms with Crippen LogP contribution in [0.4, 0.5) is 5.69 Å². The van der Waals surface area contributed by atoms with Gasteiger partial charge in [0.2, 0.25) is 5.75 Å². The van der Waals surface area contributed by atoms with Gasteiger partial charge in [0.05, 0.1) is 38.2 Å². The molecule has 13 heteroatoms. The van der Waals surface area contributed by atoms with Crippen LogP contribution in [0.5, 0.6) is 17.2 Å². The summed E-state index contributed by atoms with van der Waals surface area (Å²) in [5.41, 5.74) is 3.59. The van der Waals surface area contributed by atoms with Crippen molar-refractivity contribution in [2.75, 3.05) is 27.1 Å². The van der Waals surface area contributed by atoms with Crippen LogP contribution in [0, 0.1) is 10.1 Å². The third kappa shape index (κ3) is 5.61. The van der Waals surface area contributed by atoms with Crippen molar-refractivity contribution < 1.29 is 23.9 Å². The number of rotatable bonds is 10. The van der Waals surface area contributed by atoms with E-state index in [4.69, 9.17) is 14.2 Å². The van der Waals surface area contributed by atoms with Crippen LogP contribution < -0.4 is 19.6 Å². The number of thioether (sulfide) groups is 1. The maximum atomic E-state index is 12.2. The molecular formula is C21H22N6O6S. The predicted octanol–water partition coefficient (Wildman–Crippen LogP) is 2.66. The minimum absolute atomic E-state index is 0.0352. The number of amides is 1.